The summed E-state index contributed by atoms with van der Waals surface area (Å²) in [6, 6.07) is 11.9. The van der Waals surface area contributed by atoms with Crippen LogP contribution in [0.2, 0.25) is 0 Å². The number of anilines is 3. The van der Waals surface area contributed by atoms with Crippen LogP contribution >= 0.6 is 0 Å². The molecule has 0 spiro atoms. The third-order valence-electron chi connectivity index (χ3n) is 5.96. The Hall–Kier alpha value is -4.48. The lowest BCUT2D eigenvalue weighted by Gasteiger charge is -2.20. The summed E-state index contributed by atoms with van der Waals surface area (Å²) >= 11 is 0. The maximum absolute atomic E-state index is 13.6. The van der Waals surface area contributed by atoms with E-state index in [0.29, 0.717) is 51.9 Å². The maximum Gasteiger partial charge on any atom is 0.255 e. The van der Waals surface area contributed by atoms with Gasteiger partial charge in [-0.25, -0.2) is 15.2 Å². The van der Waals surface area contributed by atoms with Gasteiger partial charge in [0, 0.05) is 48.6 Å². The number of nitrogens with one attached hydrogen (secondary N) is 3. The van der Waals surface area contributed by atoms with Crippen molar-refractivity contribution < 1.29 is 18.7 Å². The van der Waals surface area contributed by atoms with E-state index in [1.165, 1.54) is 31.4 Å². The molecule has 0 fully saturated rings. The molecule has 7 N–H and O–H groups in total. The molecule has 3 aromatic rings. The third kappa shape index (κ3) is 7.78. The number of nitrogens with two attached hydrogens (primary N) is 2. The zero-order valence-corrected chi connectivity index (χ0v) is 23.3. The molecule has 0 saturated heterocycles. The molecule has 2 amide bonds. The van der Waals surface area contributed by atoms with Crippen molar-refractivity contribution in [2.45, 2.75) is 47.0 Å². The fourth-order valence-electron chi connectivity index (χ4n) is 3.95. The number of nitrogens with zero attached hydrogens (tertiary/aromatic N) is 2. The van der Waals surface area contributed by atoms with Gasteiger partial charge in [-0.15, -0.1) is 0 Å². The Labute approximate surface area is 233 Å². The van der Waals surface area contributed by atoms with Gasteiger partial charge in [-0.05, 0) is 54.4 Å². The largest absolute Gasteiger partial charge is 0.494 e. The van der Waals surface area contributed by atoms with E-state index in [1.54, 1.807) is 42.5 Å². The Bertz CT molecular complexity index is 1390. The second-order valence-electron chi connectivity index (χ2n) is 9.57. The quantitative estimate of drug-likeness (QED) is 0.176. The Morgan fingerprint density at radius 3 is 2.45 bits per heavy atom. The van der Waals surface area contributed by atoms with Gasteiger partial charge in [-0.2, -0.15) is 0 Å². The van der Waals surface area contributed by atoms with E-state index < -0.39 is 12.6 Å². The van der Waals surface area contributed by atoms with Crippen LogP contribution in [0.1, 0.15) is 53.4 Å². The van der Waals surface area contributed by atoms with Gasteiger partial charge >= 0.3 is 0 Å². The number of amides is 2. The number of hydrazine groups is 1. The molecule has 3 rings (SSSR count). The smallest absolute Gasteiger partial charge is 0.255 e. The average molecular weight is 550 g/mol. The molecule has 0 aliphatic carbocycles. The summed E-state index contributed by atoms with van der Waals surface area (Å²) in [6.45, 7) is 7.03. The summed E-state index contributed by atoms with van der Waals surface area (Å²) in [4.78, 5) is 28.7. The molecule has 2 aromatic carbocycles. The lowest BCUT2D eigenvalue weighted by Crippen LogP contribution is -2.27. The van der Waals surface area contributed by atoms with Crippen LogP contribution in [0.4, 0.5) is 21.6 Å². The molecule has 1 heterocycles. The standard InChI is InChI=1S/C29H36FN7O3/c1-17(2)33-15-23-10-20(13-30)11-25(28(23)40-5)36-29(39)21-7-6-18(3)26(12-21)37(32)16-24(31)22-8-9-27(34-14-22)35-19(4)38/h6-12,14,16-17,33H,13,15,31-32H2,1-5H3,(H,36,39)(H,34,35,38)/b24-16-. The first kappa shape index (κ1) is 30.1. The summed E-state index contributed by atoms with van der Waals surface area (Å²) in [5, 5.41) is 10.1. The third-order valence-corrected chi connectivity index (χ3v) is 5.96. The van der Waals surface area contributed by atoms with E-state index in [1.807, 2.05) is 20.8 Å². The van der Waals surface area contributed by atoms with Crippen LogP contribution in [-0.2, 0) is 18.0 Å². The van der Waals surface area contributed by atoms with Crippen molar-refractivity contribution in [3.8, 4) is 5.75 Å². The second-order valence-corrected chi connectivity index (χ2v) is 9.57. The van der Waals surface area contributed by atoms with Crippen molar-refractivity contribution in [2.24, 2.45) is 11.6 Å². The van der Waals surface area contributed by atoms with Crippen molar-refractivity contribution in [1.82, 2.24) is 10.3 Å². The first-order valence-corrected chi connectivity index (χ1v) is 12.7. The number of halogens is 1. The highest BCUT2D eigenvalue weighted by Gasteiger charge is 2.17. The highest BCUT2D eigenvalue weighted by atomic mass is 19.1. The number of alkyl halides is 1. The molecular formula is C29H36FN7O3. The topological polar surface area (TPSA) is 148 Å². The monoisotopic (exact) mass is 549 g/mol. The number of aromatic nitrogens is 1. The van der Waals surface area contributed by atoms with E-state index >= 15 is 0 Å². The van der Waals surface area contributed by atoms with Gasteiger partial charge in [0.25, 0.3) is 5.91 Å². The number of rotatable bonds is 11. The lowest BCUT2D eigenvalue weighted by molar-refractivity contribution is -0.114. The van der Waals surface area contributed by atoms with E-state index in [4.69, 9.17) is 16.3 Å². The van der Waals surface area contributed by atoms with Gasteiger partial charge in [-0.1, -0.05) is 19.9 Å². The van der Waals surface area contributed by atoms with Gasteiger partial charge in [0.2, 0.25) is 5.91 Å². The van der Waals surface area contributed by atoms with Crippen LogP contribution in [-0.4, -0.2) is 29.9 Å². The van der Waals surface area contributed by atoms with Crippen LogP contribution in [0.15, 0.2) is 54.9 Å². The molecule has 40 heavy (non-hydrogen) atoms. The van der Waals surface area contributed by atoms with Crippen LogP contribution in [0.25, 0.3) is 5.70 Å². The van der Waals surface area contributed by atoms with E-state index in [0.717, 1.165) is 11.1 Å². The lowest BCUT2D eigenvalue weighted by atomic mass is 10.1. The Morgan fingerprint density at radius 1 is 1.12 bits per heavy atom. The number of hydrogen-bond donors (Lipinski definition) is 5. The molecule has 0 aliphatic rings. The van der Waals surface area contributed by atoms with E-state index in [2.05, 4.69) is 20.9 Å². The molecule has 0 bridgehead atoms. The summed E-state index contributed by atoms with van der Waals surface area (Å²) in [7, 11) is 1.51. The zero-order chi connectivity index (χ0) is 29.4. The summed E-state index contributed by atoms with van der Waals surface area (Å²) in [5.74, 6) is 6.53. The highest BCUT2D eigenvalue weighted by Crippen LogP contribution is 2.32. The van der Waals surface area contributed by atoms with Crippen molar-refractivity contribution in [1.29, 1.82) is 0 Å². The number of benzene rings is 2. The van der Waals surface area contributed by atoms with Gasteiger partial charge < -0.3 is 26.4 Å². The minimum absolute atomic E-state index is 0.212. The molecular weight excluding hydrogens is 513 g/mol. The van der Waals surface area contributed by atoms with Crippen molar-refractivity contribution in [3.05, 3.63) is 82.7 Å². The molecule has 0 unspecified atom stereocenters. The number of pyridine rings is 1. The van der Waals surface area contributed by atoms with E-state index in [9.17, 15) is 14.0 Å². The van der Waals surface area contributed by atoms with Gasteiger partial charge in [-0.3, -0.25) is 14.6 Å². The summed E-state index contributed by atoms with van der Waals surface area (Å²) in [6.07, 6.45) is 3.03. The number of carbonyl (C=O) groups excluding carboxylic acids is 2. The SMILES string of the molecule is COc1c(CNC(C)C)cc(CF)cc1NC(=O)c1ccc(C)c(N(N)/C=C(\N)c2ccc(NC(C)=O)nc2)c1. The normalized spacial score (nSPS) is 11.3. The highest BCUT2D eigenvalue weighted by molar-refractivity contribution is 6.06. The van der Waals surface area contributed by atoms with Gasteiger partial charge in [0.1, 0.15) is 18.2 Å². The fourth-order valence-corrected chi connectivity index (χ4v) is 3.95. The fraction of sp³-hybridized carbons (Fsp3) is 0.276. The first-order chi connectivity index (χ1) is 19.0. The van der Waals surface area contributed by atoms with Crippen molar-refractivity contribution in [2.75, 3.05) is 22.8 Å². The molecule has 212 valence electrons. The van der Waals surface area contributed by atoms with E-state index in [-0.39, 0.29) is 11.9 Å². The zero-order valence-electron chi connectivity index (χ0n) is 23.3. The molecule has 11 heteroatoms. The molecule has 0 saturated carbocycles. The van der Waals surface area contributed by atoms with Gasteiger partial charge in [0.05, 0.1) is 24.2 Å². The van der Waals surface area contributed by atoms with Crippen LogP contribution in [0.3, 0.4) is 0 Å². The first-order valence-electron chi connectivity index (χ1n) is 12.7. The number of hydrogen-bond acceptors (Lipinski definition) is 8. The Balaban J connectivity index is 1.85. The number of ether oxygens (including phenoxy) is 1. The molecule has 0 radical (unpaired) electrons. The molecule has 0 aliphatic heterocycles. The minimum atomic E-state index is -0.683. The Morgan fingerprint density at radius 2 is 1.85 bits per heavy atom. The molecule has 1 aromatic heterocycles. The van der Waals surface area contributed by atoms with Crippen LogP contribution in [0.5, 0.6) is 5.75 Å². The van der Waals surface area contributed by atoms with Crippen LogP contribution in [0, 0.1) is 6.92 Å². The van der Waals surface area contributed by atoms with Crippen LogP contribution < -0.4 is 37.3 Å². The van der Waals surface area contributed by atoms with Crippen molar-refractivity contribution in [3.63, 3.8) is 0 Å². The number of methoxy groups -OCH3 is 1. The number of aryl methyl sites for hydroxylation is 1. The van der Waals surface area contributed by atoms with Gasteiger partial charge in [0.15, 0.2) is 0 Å². The molecule has 10 nitrogen and oxygen atoms in total. The summed E-state index contributed by atoms with van der Waals surface area (Å²) in [5.41, 5.74) is 10.4. The van der Waals surface area contributed by atoms with Crippen molar-refractivity contribution >= 4 is 34.7 Å². The Kier molecular flexibility index (Phi) is 10.2. The predicted molar refractivity (Wildman–Crippen MR) is 156 cm³/mol. The maximum atomic E-state index is 13.6. The number of carbonyl (C=O) groups is 2. The minimum Gasteiger partial charge on any atom is -0.494 e. The average Bonchev–Trinajstić information content (AvgIpc) is 2.91. The predicted octanol–water partition coefficient (Wildman–Crippen LogP) is 4.21. The molecule has 0 atom stereocenters. The second kappa shape index (κ2) is 13.5. The summed E-state index contributed by atoms with van der Waals surface area (Å²) < 4.78 is 19.2.